The molecule has 23 heavy (non-hydrogen) atoms. The van der Waals surface area contributed by atoms with Crippen molar-refractivity contribution in [3.05, 3.63) is 34.9 Å². The van der Waals surface area contributed by atoms with Crippen LogP contribution in [0.3, 0.4) is 0 Å². The van der Waals surface area contributed by atoms with E-state index in [4.69, 9.17) is 11.6 Å². The lowest BCUT2D eigenvalue weighted by atomic mass is 9.82. The van der Waals surface area contributed by atoms with E-state index in [2.05, 4.69) is 5.32 Å². The van der Waals surface area contributed by atoms with Crippen LogP contribution in [0.1, 0.15) is 37.7 Å². The van der Waals surface area contributed by atoms with Crippen molar-refractivity contribution in [2.45, 2.75) is 44.2 Å². The van der Waals surface area contributed by atoms with Gasteiger partial charge in [0.15, 0.2) is 0 Å². The molecule has 2 aliphatic rings. The Morgan fingerprint density at radius 1 is 1.26 bits per heavy atom. The quantitative estimate of drug-likeness (QED) is 0.861. The number of amides is 3. The Morgan fingerprint density at radius 2 is 2.00 bits per heavy atom. The predicted octanol–water partition coefficient (Wildman–Crippen LogP) is 2.98. The van der Waals surface area contributed by atoms with Crippen molar-refractivity contribution in [2.75, 3.05) is 13.7 Å². The van der Waals surface area contributed by atoms with Gasteiger partial charge in [-0.05, 0) is 37.6 Å². The van der Waals surface area contributed by atoms with Gasteiger partial charge in [0.1, 0.15) is 5.54 Å². The largest absolute Gasteiger partial charge is 0.326 e. The van der Waals surface area contributed by atoms with Crippen molar-refractivity contribution < 1.29 is 9.59 Å². The van der Waals surface area contributed by atoms with Crippen molar-refractivity contribution >= 4 is 23.5 Å². The van der Waals surface area contributed by atoms with Gasteiger partial charge in [0.25, 0.3) is 5.91 Å². The molecule has 124 valence electrons. The highest BCUT2D eigenvalue weighted by atomic mass is 35.5. The molecule has 5 nitrogen and oxygen atoms in total. The first-order valence-corrected chi connectivity index (χ1v) is 8.45. The van der Waals surface area contributed by atoms with Gasteiger partial charge in [-0.25, -0.2) is 9.69 Å². The van der Waals surface area contributed by atoms with Crippen LogP contribution in [-0.4, -0.2) is 41.0 Å². The van der Waals surface area contributed by atoms with Crippen molar-refractivity contribution in [1.82, 2.24) is 15.1 Å². The van der Waals surface area contributed by atoms with Crippen LogP contribution in [-0.2, 0) is 11.3 Å². The Hall–Kier alpha value is -1.59. The van der Waals surface area contributed by atoms with Crippen LogP contribution in [0.25, 0.3) is 0 Å². The zero-order valence-corrected chi connectivity index (χ0v) is 14.1. The first kappa shape index (κ1) is 16.3. The highest BCUT2D eigenvalue weighted by Gasteiger charge is 2.51. The molecule has 3 amide bonds. The molecule has 3 rings (SSSR count). The highest BCUT2D eigenvalue weighted by Crippen LogP contribution is 2.33. The minimum Gasteiger partial charge on any atom is -0.323 e. The molecule has 1 aromatic carbocycles. The molecule has 6 heteroatoms. The lowest BCUT2D eigenvalue weighted by molar-refractivity contribution is -0.133. The lowest BCUT2D eigenvalue weighted by Gasteiger charge is -2.31. The molecule has 1 heterocycles. The standard InChI is InChI=1S/C17H22ClN3O2/c1-20(11-13-6-5-7-14(18)10-13)12-21-15(22)17(19-16(21)23)8-3-2-4-9-17/h5-7,10H,2-4,8-9,11-12H2,1H3,(H,19,23). The molecule has 0 bridgehead atoms. The number of imide groups is 1. The summed E-state index contributed by atoms with van der Waals surface area (Å²) in [6.07, 6.45) is 4.65. The summed E-state index contributed by atoms with van der Waals surface area (Å²) in [4.78, 5) is 28.3. The van der Waals surface area contributed by atoms with Crippen LogP contribution in [0.5, 0.6) is 0 Å². The van der Waals surface area contributed by atoms with Gasteiger partial charge in [-0.15, -0.1) is 0 Å². The zero-order valence-electron chi connectivity index (χ0n) is 13.3. The second kappa shape index (κ2) is 6.49. The average molecular weight is 336 g/mol. The van der Waals surface area contributed by atoms with Gasteiger partial charge in [0, 0.05) is 11.6 Å². The van der Waals surface area contributed by atoms with Gasteiger partial charge in [0.05, 0.1) is 6.67 Å². The summed E-state index contributed by atoms with van der Waals surface area (Å²) in [6, 6.07) is 7.34. The molecule has 1 aromatic rings. The molecule has 0 unspecified atom stereocenters. The number of nitrogens with one attached hydrogen (secondary N) is 1. The summed E-state index contributed by atoms with van der Waals surface area (Å²) in [6.45, 7) is 0.920. The van der Waals surface area contributed by atoms with Crippen LogP contribution in [0.15, 0.2) is 24.3 Å². The Kier molecular flexibility index (Phi) is 4.60. The summed E-state index contributed by atoms with van der Waals surface area (Å²) in [5.74, 6) is -0.0693. The molecule has 1 aliphatic heterocycles. The minimum atomic E-state index is -0.647. The molecule has 1 N–H and O–H groups in total. The topological polar surface area (TPSA) is 52.6 Å². The number of benzene rings is 1. The Bertz CT molecular complexity index is 614. The number of nitrogens with zero attached hydrogens (tertiary/aromatic N) is 2. The third-order valence-electron chi connectivity index (χ3n) is 4.68. The van der Waals surface area contributed by atoms with Crippen LogP contribution >= 0.6 is 11.6 Å². The van der Waals surface area contributed by atoms with E-state index in [9.17, 15) is 9.59 Å². The zero-order chi connectivity index (χ0) is 16.4. The van der Waals surface area contributed by atoms with Crippen molar-refractivity contribution in [3.8, 4) is 0 Å². The van der Waals surface area contributed by atoms with Crippen LogP contribution < -0.4 is 5.32 Å². The fraction of sp³-hybridized carbons (Fsp3) is 0.529. The predicted molar refractivity (Wildman–Crippen MR) is 89.0 cm³/mol. The second-order valence-electron chi connectivity index (χ2n) is 6.59. The number of rotatable bonds is 4. The van der Waals surface area contributed by atoms with Gasteiger partial charge < -0.3 is 5.32 Å². The van der Waals surface area contributed by atoms with Gasteiger partial charge in [-0.1, -0.05) is 43.0 Å². The molecule has 1 saturated heterocycles. The maximum Gasteiger partial charge on any atom is 0.326 e. The molecule has 0 radical (unpaired) electrons. The molecule has 2 fully saturated rings. The fourth-order valence-corrected chi connectivity index (χ4v) is 3.75. The fourth-order valence-electron chi connectivity index (χ4n) is 3.54. The monoisotopic (exact) mass is 335 g/mol. The molecule has 0 atom stereocenters. The maximum absolute atomic E-state index is 12.7. The summed E-state index contributed by atoms with van der Waals surface area (Å²) in [5, 5.41) is 3.62. The SMILES string of the molecule is CN(Cc1cccc(Cl)c1)CN1C(=O)NC2(CCCCC2)C1=O. The van der Waals surface area contributed by atoms with E-state index in [1.165, 1.54) is 4.90 Å². The van der Waals surface area contributed by atoms with Gasteiger partial charge in [0.2, 0.25) is 0 Å². The molecular formula is C17H22ClN3O2. The van der Waals surface area contributed by atoms with E-state index in [0.717, 1.165) is 37.7 Å². The second-order valence-corrected chi connectivity index (χ2v) is 7.03. The maximum atomic E-state index is 12.7. The van der Waals surface area contributed by atoms with Gasteiger partial charge >= 0.3 is 6.03 Å². The van der Waals surface area contributed by atoms with Crippen LogP contribution in [0, 0.1) is 0 Å². The molecule has 1 aliphatic carbocycles. The lowest BCUT2D eigenvalue weighted by Crippen LogP contribution is -2.48. The van der Waals surface area contributed by atoms with Gasteiger partial charge in [-0.2, -0.15) is 0 Å². The Morgan fingerprint density at radius 3 is 2.70 bits per heavy atom. The van der Waals surface area contributed by atoms with E-state index in [0.29, 0.717) is 18.2 Å². The molecular weight excluding hydrogens is 314 g/mol. The Labute approximate surface area is 141 Å². The van der Waals surface area contributed by atoms with E-state index in [1.807, 2.05) is 36.2 Å². The van der Waals surface area contributed by atoms with Crippen molar-refractivity contribution in [3.63, 3.8) is 0 Å². The smallest absolute Gasteiger partial charge is 0.323 e. The van der Waals surface area contributed by atoms with Crippen molar-refractivity contribution in [2.24, 2.45) is 0 Å². The van der Waals surface area contributed by atoms with E-state index in [1.54, 1.807) is 0 Å². The summed E-state index contributed by atoms with van der Waals surface area (Å²) in [7, 11) is 1.90. The summed E-state index contributed by atoms with van der Waals surface area (Å²) in [5.41, 5.74) is 0.408. The number of hydrogen-bond donors (Lipinski definition) is 1. The van der Waals surface area contributed by atoms with Gasteiger partial charge in [-0.3, -0.25) is 9.69 Å². The average Bonchev–Trinajstić information content (AvgIpc) is 2.72. The van der Waals surface area contributed by atoms with Crippen LogP contribution in [0.4, 0.5) is 4.79 Å². The number of urea groups is 1. The molecule has 0 aromatic heterocycles. The number of halogens is 1. The van der Waals surface area contributed by atoms with E-state index < -0.39 is 5.54 Å². The third kappa shape index (κ3) is 3.35. The molecule has 1 saturated carbocycles. The number of hydrogen-bond acceptors (Lipinski definition) is 3. The first-order chi connectivity index (χ1) is 11.0. The Balaban J connectivity index is 1.65. The van der Waals surface area contributed by atoms with Crippen LogP contribution in [0.2, 0.25) is 5.02 Å². The van der Waals surface area contributed by atoms with E-state index in [-0.39, 0.29) is 11.9 Å². The number of carbonyl (C=O) groups excluding carboxylic acids is 2. The normalized spacial score (nSPS) is 20.4. The third-order valence-corrected chi connectivity index (χ3v) is 4.91. The highest BCUT2D eigenvalue weighted by molar-refractivity contribution is 6.30. The molecule has 1 spiro atoms. The van der Waals surface area contributed by atoms with E-state index >= 15 is 0 Å². The summed E-state index contributed by atoms with van der Waals surface area (Å²) >= 11 is 6.00. The first-order valence-electron chi connectivity index (χ1n) is 8.07. The van der Waals surface area contributed by atoms with Crippen molar-refractivity contribution in [1.29, 1.82) is 0 Å². The minimum absolute atomic E-state index is 0.0693. The summed E-state index contributed by atoms with van der Waals surface area (Å²) < 4.78 is 0. The number of carbonyl (C=O) groups is 2.